The molecule has 1 fully saturated rings. The fraction of sp³-hybridized carbons (Fsp3) is 0.488. The minimum Gasteiger partial charge on any atom is -0.460 e. The number of rotatable bonds is 19. The zero-order chi connectivity index (χ0) is 36.3. The number of nitrogens with zero attached hydrogens (tertiary/aromatic N) is 3. The molecular formula is C41H51N3O6S2. The van der Waals surface area contributed by atoms with Crippen LogP contribution in [0.3, 0.4) is 0 Å². The molecule has 3 aliphatic rings. The Morgan fingerprint density at radius 1 is 1.04 bits per heavy atom. The van der Waals surface area contributed by atoms with E-state index < -0.39 is 5.79 Å². The average Bonchev–Trinajstić information content (AvgIpc) is 3.17. The van der Waals surface area contributed by atoms with Gasteiger partial charge >= 0.3 is 0 Å². The smallest absolute Gasteiger partial charge is 0.230 e. The van der Waals surface area contributed by atoms with E-state index in [4.69, 9.17) is 19.0 Å². The highest BCUT2D eigenvalue weighted by Crippen LogP contribution is 2.62. The van der Waals surface area contributed by atoms with Gasteiger partial charge in [0.25, 0.3) is 0 Å². The van der Waals surface area contributed by atoms with Gasteiger partial charge in [0.15, 0.2) is 0 Å². The maximum atomic E-state index is 9.85. The van der Waals surface area contributed by atoms with Gasteiger partial charge < -0.3 is 29.3 Å². The highest BCUT2D eigenvalue weighted by molar-refractivity contribution is 8.00. The Morgan fingerprint density at radius 3 is 2.54 bits per heavy atom. The molecule has 0 saturated heterocycles. The number of hydrogen-bond acceptors (Lipinski definition) is 11. The first-order chi connectivity index (χ1) is 25.5. The van der Waals surface area contributed by atoms with Crippen molar-refractivity contribution in [2.75, 3.05) is 38.9 Å². The lowest BCUT2D eigenvalue weighted by Crippen LogP contribution is -2.64. The molecule has 2 aromatic carbocycles. The van der Waals surface area contributed by atoms with Crippen molar-refractivity contribution >= 4 is 29.2 Å². The van der Waals surface area contributed by atoms with Crippen LogP contribution in [0.1, 0.15) is 62.1 Å². The highest BCUT2D eigenvalue weighted by Gasteiger charge is 2.63. The summed E-state index contributed by atoms with van der Waals surface area (Å²) in [5.41, 5.74) is 4.06. The predicted molar refractivity (Wildman–Crippen MR) is 208 cm³/mol. The lowest BCUT2D eigenvalue weighted by atomic mass is 9.56. The zero-order valence-corrected chi connectivity index (χ0v) is 31.8. The fourth-order valence-electron chi connectivity index (χ4n) is 8.19. The molecule has 6 rings (SSSR count). The first-order valence-electron chi connectivity index (χ1n) is 18.3. The summed E-state index contributed by atoms with van der Waals surface area (Å²) < 4.78 is 20.7. The SMILES string of the molecule is C=CCO[C@@]12Oc3ccc(Oc4ccc(SC)cc4)cc3[C@H]3[C@H](CCCCO)[C@@H](CCCCO)C=C(C(=NOC)C[C@@H]1SCCc1cnccn1)[C@H]32. The van der Waals surface area contributed by atoms with Crippen LogP contribution in [0.4, 0.5) is 0 Å². The van der Waals surface area contributed by atoms with Crippen molar-refractivity contribution in [3.63, 3.8) is 0 Å². The van der Waals surface area contributed by atoms with Gasteiger partial charge in [0.2, 0.25) is 5.79 Å². The molecule has 0 bridgehead atoms. The van der Waals surface area contributed by atoms with Gasteiger partial charge in [0, 0.05) is 61.0 Å². The van der Waals surface area contributed by atoms with Gasteiger partial charge in [0.1, 0.15) is 24.4 Å². The fourth-order valence-corrected chi connectivity index (χ4v) is 9.98. The van der Waals surface area contributed by atoms with E-state index in [1.54, 1.807) is 37.3 Å². The predicted octanol–water partition coefficient (Wildman–Crippen LogP) is 8.23. The summed E-state index contributed by atoms with van der Waals surface area (Å²) in [5, 5.41) is 24.1. The molecule has 3 aromatic rings. The number of fused-ring (bicyclic) bond motifs is 2. The molecule has 2 aliphatic carbocycles. The van der Waals surface area contributed by atoms with Crippen LogP contribution in [-0.2, 0) is 16.0 Å². The van der Waals surface area contributed by atoms with Gasteiger partial charge in [0.05, 0.1) is 29.2 Å². The van der Waals surface area contributed by atoms with Gasteiger partial charge in [-0.25, -0.2) is 0 Å². The quantitative estimate of drug-likeness (QED) is 0.0538. The Bertz CT molecular complexity index is 1670. The van der Waals surface area contributed by atoms with Crippen LogP contribution in [0.25, 0.3) is 0 Å². The Kier molecular flexibility index (Phi) is 13.7. The van der Waals surface area contributed by atoms with E-state index in [0.29, 0.717) is 13.0 Å². The minimum atomic E-state index is -1.02. The molecule has 1 aromatic heterocycles. The number of benzene rings is 2. The van der Waals surface area contributed by atoms with Gasteiger partial charge in [-0.3, -0.25) is 9.97 Å². The number of aryl methyl sites for hydroxylation is 1. The summed E-state index contributed by atoms with van der Waals surface area (Å²) in [5.74, 6) is 2.34. The molecule has 0 unspecified atom stereocenters. The molecule has 0 amide bonds. The molecule has 52 heavy (non-hydrogen) atoms. The van der Waals surface area contributed by atoms with E-state index in [1.807, 2.05) is 42.2 Å². The average molecular weight is 746 g/mol. The van der Waals surface area contributed by atoms with Crippen molar-refractivity contribution in [2.24, 2.45) is 22.9 Å². The molecule has 1 aliphatic heterocycles. The van der Waals surface area contributed by atoms with Crippen LogP contribution in [0.15, 0.2) is 95.4 Å². The summed E-state index contributed by atoms with van der Waals surface area (Å²) in [6.07, 6.45) is 18.0. The summed E-state index contributed by atoms with van der Waals surface area (Å²) in [6.45, 7) is 4.68. The van der Waals surface area contributed by atoms with Crippen LogP contribution in [0, 0.1) is 17.8 Å². The van der Waals surface area contributed by atoms with Crippen molar-refractivity contribution in [2.45, 2.75) is 73.2 Å². The molecule has 2 N–H and O–H groups in total. The first-order valence-corrected chi connectivity index (χ1v) is 20.6. The van der Waals surface area contributed by atoms with Crippen molar-refractivity contribution in [1.29, 1.82) is 0 Å². The number of thioether (sulfide) groups is 2. The number of aliphatic hydroxyl groups is 2. The summed E-state index contributed by atoms with van der Waals surface area (Å²) >= 11 is 3.51. The normalized spacial score (nSPS) is 25.4. The molecular weight excluding hydrogens is 695 g/mol. The van der Waals surface area contributed by atoms with Crippen LogP contribution in [0.2, 0.25) is 0 Å². The molecule has 0 radical (unpaired) electrons. The molecule has 1 saturated carbocycles. The second-order valence-corrected chi connectivity index (χ2v) is 15.7. The largest absolute Gasteiger partial charge is 0.460 e. The zero-order valence-electron chi connectivity index (χ0n) is 30.2. The standard InChI is InChI=1S/C41H51N3O6S2/c1-4-22-48-41-38(52-23-17-29-27-42-18-19-43-29)26-36(44-47-2)34-24-28(9-5-7-20-45)33(10-6-8-21-46)39(40(34)41)35-25-31(13-16-37(35)50-41)49-30-11-14-32(51-3)15-12-30/h4,11-16,18-19,24-25,27-28,33,38-40,45-46H,1,5-10,17,20-23,26H2,2-3H3/t28-,33+,38-,39+,40+,41+/m0/s1. The van der Waals surface area contributed by atoms with Crippen molar-refractivity contribution in [3.05, 3.63) is 96.6 Å². The molecule has 6 atom stereocenters. The minimum absolute atomic E-state index is 0.000696. The lowest BCUT2D eigenvalue weighted by molar-refractivity contribution is -0.223. The van der Waals surface area contributed by atoms with Crippen molar-refractivity contribution in [1.82, 2.24) is 9.97 Å². The van der Waals surface area contributed by atoms with E-state index in [9.17, 15) is 10.2 Å². The number of oxime groups is 1. The van der Waals surface area contributed by atoms with E-state index >= 15 is 0 Å². The monoisotopic (exact) mass is 745 g/mol. The second-order valence-electron chi connectivity index (χ2n) is 13.5. The van der Waals surface area contributed by atoms with E-state index in [-0.39, 0.29) is 42.1 Å². The summed E-state index contributed by atoms with van der Waals surface area (Å²) in [6, 6.07) is 14.3. The Morgan fingerprint density at radius 2 is 1.83 bits per heavy atom. The molecule has 2 heterocycles. The van der Waals surface area contributed by atoms with Crippen molar-refractivity contribution < 1.29 is 29.3 Å². The number of hydrogen-bond donors (Lipinski definition) is 2. The molecule has 0 spiro atoms. The Labute approximate surface area is 316 Å². The number of ether oxygens (including phenoxy) is 3. The third-order valence-electron chi connectivity index (χ3n) is 10.4. The van der Waals surface area contributed by atoms with Crippen molar-refractivity contribution in [3.8, 4) is 17.2 Å². The van der Waals surface area contributed by atoms with E-state index in [0.717, 1.165) is 90.5 Å². The number of unbranched alkanes of at least 4 members (excludes halogenated alkanes) is 2. The molecule has 11 heteroatoms. The third kappa shape index (κ3) is 8.55. The lowest BCUT2D eigenvalue weighted by Gasteiger charge is -2.58. The summed E-state index contributed by atoms with van der Waals surface area (Å²) in [4.78, 5) is 15.5. The third-order valence-corrected chi connectivity index (χ3v) is 12.5. The number of aliphatic hydroxyl groups excluding tert-OH is 2. The Hall–Kier alpha value is -3.35. The molecule has 9 nitrogen and oxygen atoms in total. The topological polar surface area (TPSA) is 116 Å². The van der Waals surface area contributed by atoms with Crippen LogP contribution in [0.5, 0.6) is 17.2 Å². The van der Waals surface area contributed by atoms with Crippen LogP contribution in [-0.4, -0.2) is 75.9 Å². The second kappa shape index (κ2) is 18.6. The van der Waals surface area contributed by atoms with Gasteiger partial charge in [-0.1, -0.05) is 30.1 Å². The number of allylic oxidation sites excluding steroid dienone is 1. The highest BCUT2D eigenvalue weighted by atomic mass is 32.2. The van der Waals surface area contributed by atoms with Gasteiger partial charge in [-0.15, -0.1) is 18.3 Å². The summed E-state index contributed by atoms with van der Waals surface area (Å²) in [7, 11) is 1.61. The Balaban J connectivity index is 1.48. The number of aromatic nitrogens is 2. The van der Waals surface area contributed by atoms with E-state index in [1.165, 1.54) is 4.90 Å². The van der Waals surface area contributed by atoms with Crippen LogP contribution >= 0.6 is 23.5 Å². The van der Waals surface area contributed by atoms with E-state index in [2.05, 4.69) is 52.2 Å². The van der Waals surface area contributed by atoms with Gasteiger partial charge in [-0.05, 0) is 97.6 Å². The maximum Gasteiger partial charge on any atom is 0.230 e. The van der Waals surface area contributed by atoms with Crippen LogP contribution < -0.4 is 9.47 Å². The van der Waals surface area contributed by atoms with Gasteiger partial charge in [-0.2, -0.15) is 11.8 Å². The molecule has 278 valence electrons. The maximum absolute atomic E-state index is 9.85. The first kappa shape index (κ1) is 38.4.